The van der Waals surface area contributed by atoms with Gasteiger partial charge in [-0.3, -0.25) is 0 Å². The molecule has 0 aliphatic carbocycles. The maximum atomic E-state index is 12.0. The van der Waals surface area contributed by atoms with Gasteiger partial charge in [-0.1, -0.05) is 5.16 Å². The highest BCUT2D eigenvalue weighted by atomic mass is 32.2. The van der Waals surface area contributed by atoms with Gasteiger partial charge in [0.05, 0.1) is 11.4 Å². The molecule has 0 saturated carbocycles. The maximum Gasteiger partial charge on any atom is 0.240 e. The quantitative estimate of drug-likeness (QED) is 0.819. The zero-order valence-electron chi connectivity index (χ0n) is 10.3. The van der Waals surface area contributed by atoms with E-state index in [0.29, 0.717) is 0 Å². The van der Waals surface area contributed by atoms with E-state index in [2.05, 4.69) is 24.7 Å². The lowest BCUT2D eigenvalue weighted by molar-refractivity contribution is 0.409. The van der Waals surface area contributed by atoms with E-state index in [-0.39, 0.29) is 17.3 Å². The summed E-state index contributed by atoms with van der Waals surface area (Å²) in [5, 5.41) is 6.62. The van der Waals surface area contributed by atoms with Crippen LogP contribution in [0.4, 0.5) is 5.69 Å². The number of nitrogens with one attached hydrogen (secondary N) is 2. The summed E-state index contributed by atoms with van der Waals surface area (Å²) in [7, 11) is -3.57. The summed E-state index contributed by atoms with van der Waals surface area (Å²) < 4.78 is 30.9. The fraction of sp³-hybridized carbons (Fsp3) is 0.273. The average molecular weight is 282 g/mol. The zero-order chi connectivity index (χ0) is 13.7. The van der Waals surface area contributed by atoms with E-state index in [1.165, 1.54) is 12.1 Å². The smallest absolute Gasteiger partial charge is 0.240 e. The fourth-order valence-corrected chi connectivity index (χ4v) is 2.45. The largest absolute Gasteiger partial charge is 0.385 e. The van der Waals surface area contributed by atoms with Crippen molar-refractivity contribution in [2.75, 3.05) is 11.9 Å². The molecule has 1 heterocycles. The van der Waals surface area contributed by atoms with Gasteiger partial charge in [-0.25, -0.2) is 13.1 Å². The van der Waals surface area contributed by atoms with Gasteiger partial charge in [-0.2, -0.15) is 4.98 Å². The lowest BCUT2D eigenvalue weighted by Gasteiger charge is -2.06. The van der Waals surface area contributed by atoms with Gasteiger partial charge in [0.25, 0.3) is 0 Å². The molecule has 1 aromatic heterocycles. The number of nitrogens with zero attached hydrogens (tertiary/aromatic N) is 2. The fourth-order valence-electron chi connectivity index (χ4n) is 1.47. The van der Waals surface area contributed by atoms with Crippen LogP contribution in [0.2, 0.25) is 0 Å². The van der Waals surface area contributed by atoms with Crippen LogP contribution in [0.3, 0.4) is 0 Å². The van der Waals surface area contributed by atoms with Crippen molar-refractivity contribution in [2.45, 2.75) is 18.4 Å². The Balaban J connectivity index is 2.06. The molecule has 0 amide bonds. The molecule has 0 unspecified atom stereocenters. The Kier molecular flexibility index (Phi) is 4.13. The second-order valence-electron chi connectivity index (χ2n) is 3.73. The van der Waals surface area contributed by atoms with E-state index >= 15 is 0 Å². The predicted octanol–water partition coefficient (Wildman–Crippen LogP) is 0.980. The van der Waals surface area contributed by atoms with Crippen LogP contribution in [-0.4, -0.2) is 25.1 Å². The van der Waals surface area contributed by atoms with Crippen molar-refractivity contribution in [3.63, 3.8) is 0 Å². The van der Waals surface area contributed by atoms with E-state index in [1.54, 1.807) is 12.1 Å². The van der Waals surface area contributed by atoms with Crippen molar-refractivity contribution in [1.29, 1.82) is 0 Å². The number of sulfonamides is 1. The van der Waals surface area contributed by atoms with E-state index in [4.69, 9.17) is 0 Å². The normalized spacial score (nSPS) is 11.4. The molecule has 0 atom stereocenters. The first-order valence-corrected chi connectivity index (χ1v) is 7.19. The monoisotopic (exact) mass is 282 g/mol. The minimum atomic E-state index is -3.57. The number of hydrogen-bond donors (Lipinski definition) is 2. The second kappa shape index (κ2) is 5.81. The molecule has 0 saturated heterocycles. The van der Waals surface area contributed by atoms with Gasteiger partial charge >= 0.3 is 0 Å². The Morgan fingerprint density at radius 2 is 2.00 bits per heavy atom. The number of rotatable bonds is 6. The third-order valence-electron chi connectivity index (χ3n) is 2.37. The molecule has 7 nitrogen and oxygen atoms in total. The van der Waals surface area contributed by atoms with Gasteiger partial charge in [0, 0.05) is 12.2 Å². The lowest BCUT2D eigenvalue weighted by atomic mass is 10.3. The first kappa shape index (κ1) is 13.5. The molecule has 2 N–H and O–H groups in total. The SMILES string of the molecule is CCNc1ccc(S(=O)(=O)NCc2ncon2)cc1. The van der Waals surface area contributed by atoms with Crippen molar-refractivity contribution in [3.8, 4) is 0 Å². The Morgan fingerprint density at radius 1 is 1.26 bits per heavy atom. The summed E-state index contributed by atoms with van der Waals surface area (Å²) in [5.74, 6) is 0.285. The predicted molar refractivity (Wildman–Crippen MR) is 68.9 cm³/mol. The minimum absolute atomic E-state index is 0.00616. The molecule has 1 aromatic carbocycles. The number of aromatic nitrogens is 2. The van der Waals surface area contributed by atoms with Gasteiger partial charge in [-0.05, 0) is 31.2 Å². The Morgan fingerprint density at radius 3 is 2.58 bits per heavy atom. The molecular weight excluding hydrogens is 268 g/mol. The first-order chi connectivity index (χ1) is 9.12. The highest BCUT2D eigenvalue weighted by Crippen LogP contribution is 2.13. The van der Waals surface area contributed by atoms with Crippen molar-refractivity contribution in [2.24, 2.45) is 0 Å². The van der Waals surface area contributed by atoms with Gasteiger partial charge in [-0.15, -0.1) is 0 Å². The Bertz CT molecular complexity index is 608. The molecule has 2 rings (SSSR count). The van der Waals surface area contributed by atoms with Gasteiger partial charge in [0.15, 0.2) is 5.82 Å². The summed E-state index contributed by atoms with van der Waals surface area (Å²) in [6.45, 7) is 2.74. The molecule has 0 aliphatic rings. The molecule has 0 aliphatic heterocycles. The average Bonchev–Trinajstić information content (AvgIpc) is 2.91. The third-order valence-corrected chi connectivity index (χ3v) is 3.79. The molecular formula is C11H14N4O3S. The van der Waals surface area contributed by atoms with Crippen molar-refractivity contribution in [3.05, 3.63) is 36.5 Å². The minimum Gasteiger partial charge on any atom is -0.385 e. The number of benzene rings is 1. The molecule has 0 radical (unpaired) electrons. The maximum absolute atomic E-state index is 12.0. The second-order valence-corrected chi connectivity index (χ2v) is 5.49. The van der Waals surface area contributed by atoms with E-state index in [0.717, 1.165) is 18.6 Å². The molecule has 0 fully saturated rings. The van der Waals surface area contributed by atoms with Crippen LogP contribution in [0.1, 0.15) is 12.7 Å². The number of anilines is 1. The Labute approximate surface area is 111 Å². The molecule has 0 spiro atoms. The summed E-state index contributed by atoms with van der Waals surface area (Å²) in [5.41, 5.74) is 0.875. The van der Waals surface area contributed by atoms with E-state index < -0.39 is 10.0 Å². The molecule has 0 bridgehead atoms. The van der Waals surface area contributed by atoms with Crippen LogP contribution in [0.5, 0.6) is 0 Å². The molecule has 102 valence electrons. The molecule has 2 aromatic rings. The van der Waals surface area contributed by atoms with Gasteiger partial charge in [0.1, 0.15) is 0 Å². The van der Waals surface area contributed by atoms with Crippen LogP contribution in [0.25, 0.3) is 0 Å². The summed E-state index contributed by atoms with van der Waals surface area (Å²) in [4.78, 5) is 3.93. The van der Waals surface area contributed by atoms with Crippen LogP contribution in [0.15, 0.2) is 40.1 Å². The van der Waals surface area contributed by atoms with E-state index in [1.807, 2.05) is 6.92 Å². The summed E-state index contributed by atoms with van der Waals surface area (Å²) in [6.07, 6.45) is 1.15. The summed E-state index contributed by atoms with van der Waals surface area (Å²) >= 11 is 0. The topological polar surface area (TPSA) is 97.1 Å². The lowest BCUT2D eigenvalue weighted by Crippen LogP contribution is -2.23. The van der Waals surface area contributed by atoms with Gasteiger partial charge in [0.2, 0.25) is 16.4 Å². The zero-order valence-corrected chi connectivity index (χ0v) is 11.1. The van der Waals surface area contributed by atoms with Crippen LogP contribution < -0.4 is 10.0 Å². The van der Waals surface area contributed by atoms with Crippen molar-refractivity contribution >= 4 is 15.7 Å². The molecule has 19 heavy (non-hydrogen) atoms. The van der Waals surface area contributed by atoms with Crippen molar-refractivity contribution < 1.29 is 12.9 Å². The first-order valence-electron chi connectivity index (χ1n) is 5.70. The highest BCUT2D eigenvalue weighted by Gasteiger charge is 2.14. The standard InChI is InChI=1S/C11H14N4O3S/c1-2-12-9-3-5-10(6-4-9)19(16,17)14-7-11-13-8-18-15-11/h3-6,8,12,14H,2,7H2,1H3. The van der Waals surface area contributed by atoms with E-state index in [9.17, 15) is 8.42 Å². The van der Waals surface area contributed by atoms with Gasteiger partial charge < -0.3 is 9.84 Å². The van der Waals surface area contributed by atoms with Crippen molar-refractivity contribution in [1.82, 2.24) is 14.9 Å². The summed E-state index contributed by atoms with van der Waals surface area (Å²) in [6, 6.07) is 6.51. The highest BCUT2D eigenvalue weighted by molar-refractivity contribution is 7.89. The number of hydrogen-bond acceptors (Lipinski definition) is 6. The van der Waals surface area contributed by atoms with Crippen LogP contribution in [-0.2, 0) is 16.6 Å². The molecule has 8 heteroatoms. The Hall–Kier alpha value is -1.93. The van der Waals surface area contributed by atoms with Crippen LogP contribution >= 0.6 is 0 Å². The van der Waals surface area contributed by atoms with Crippen LogP contribution in [0, 0.1) is 0 Å². The third kappa shape index (κ3) is 3.52.